The highest BCUT2D eigenvalue weighted by Gasteiger charge is 2.48. The van der Waals surface area contributed by atoms with E-state index < -0.39 is 22.7 Å². The minimum absolute atomic E-state index is 0.148. The molecule has 2 heterocycles. The van der Waals surface area contributed by atoms with E-state index in [-0.39, 0.29) is 22.2 Å². The van der Waals surface area contributed by atoms with Gasteiger partial charge in [-0.1, -0.05) is 11.3 Å². The summed E-state index contributed by atoms with van der Waals surface area (Å²) in [4.78, 5) is 43.3. The summed E-state index contributed by atoms with van der Waals surface area (Å²) in [5.41, 5.74) is 1.74. The maximum atomic E-state index is 13.4. The second-order valence-corrected chi connectivity index (χ2v) is 9.54. The highest BCUT2D eigenvalue weighted by Crippen LogP contribution is 2.45. The molecule has 1 aliphatic rings. The van der Waals surface area contributed by atoms with Gasteiger partial charge in [-0.2, -0.15) is 0 Å². The number of ketones is 1. The number of non-ortho nitro benzene ring substituents is 1. The number of fused-ring (bicyclic) bond motifs is 1. The zero-order valence-corrected chi connectivity index (χ0v) is 21.3. The van der Waals surface area contributed by atoms with E-state index >= 15 is 0 Å². The number of carbonyl (C=O) groups is 2. The zero-order valence-electron chi connectivity index (χ0n) is 20.5. The molecule has 0 aliphatic carbocycles. The lowest BCUT2D eigenvalue weighted by Gasteiger charge is -2.23. The van der Waals surface area contributed by atoms with Crippen molar-refractivity contribution in [3.05, 3.63) is 93.0 Å². The highest BCUT2D eigenvalue weighted by atomic mass is 32.1. The maximum absolute atomic E-state index is 13.4. The third-order valence-corrected chi connectivity index (χ3v) is 7.34. The quantitative estimate of drug-likeness (QED) is 0.119. The van der Waals surface area contributed by atoms with Gasteiger partial charge < -0.3 is 14.6 Å². The number of carbonyl (C=O) groups excluding carboxylic acids is 2. The second kappa shape index (κ2) is 9.60. The number of aryl methyl sites for hydroxylation is 1. The van der Waals surface area contributed by atoms with Crippen LogP contribution >= 0.6 is 11.3 Å². The molecule has 38 heavy (non-hydrogen) atoms. The number of Topliss-reactive ketones (excluding diaryl/α,β-unsaturated/α-hetero) is 1. The molecule has 3 aromatic carbocycles. The largest absolute Gasteiger partial charge is 0.507 e. The number of amides is 1. The van der Waals surface area contributed by atoms with E-state index in [2.05, 4.69) is 4.98 Å². The van der Waals surface area contributed by atoms with Crippen LogP contribution in [-0.4, -0.2) is 40.9 Å². The van der Waals surface area contributed by atoms with Crippen LogP contribution in [0.4, 0.5) is 10.8 Å². The first-order valence-corrected chi connectivity index (χ1v) is 12.2. The Balaban J connectivity index is 1.71. The molecule has 1 N–H and O–H groups in total. The number of aliphatic hydroxyl groups is 1. The molecule has 0 saturated carbocycles. The first kappa shape index (κ1) is 24.9. The summed E-state index contributed by atoms with van der Waals surface area (Å²) in [6.45, 7) is 1.79. The summed E-state index contributed by atoms with van der Waals surface area (Å²) >= 11 is 1.19. The molecule has 0 spiro atoms. The van der Waals surface area contributed by atoms with Gasteiger partial charge in [-0.15, -0.1) is 0 Å². The summed E-state index contributed by atoms with van der Waals surface area (Å²) in [6, 6.07) is 14.6. The Kier molecular flexibility index (Phi) is 6.29. The van der Waals surface area contributed by atoms with Crippen LogP contribution in [0, 0.1) is 17.0 Å². The van der Waals surface area contributed by atoms with Crippen molar-refractivity contribution in [2.24, 2.45) is 0 Å². The third kappa shape index (κ3) is 4.12. The van der Waals surface area contributed by atoms with E-state index in [4.69, 9.17) is 9.47 Å². The monoisotopic (exact) mass is 531 g/mol. The predicted molar refractivity (Wildman–Crippen MR) is 142 cm³/mol. The number of hydrogen-bond acceptors (Lipinski definition) is 9. The van der Waals surface area contributed by atoms with E-state index in [1.165, 1.54) is 54.7 Å². The minimum Gasteiger partial charge on any atom is -0.507 e. The van der Waals surface area contributed by atoms with Crippen molar-refractivity contribution in [2.75, 3.05) is 19.1 Å². The van der Waals surface area contributed by atoms with Gasteiger partial charge in [0.15, 0.2) is 5.13 Å². The standard InChI is InChI=1S/C27H21N3O7S/c1-14-12-16(6-11-20(14)37-3)24(31)22-23(15-4-7-17(8-5-15)30(34)35)29(26(33)25(22)32)27-28-19-10-9-18(36-2)13-21(19)38-27/h4-13,23,31H,1-3H3. The highest BCUT2D eigenvalue weighted by molar-refractivity contribution is 7.22. The lowest BCUT2D eigenvalue weighted by molar-refractivity contribution is -0.384. The fraction of sp³-hybridized carbons (Fsp3) is 0.148. The molecule has 1 aliphatic heterocycles. The Bertz CT molecular complexity index is 1640. The zero-order chi connectivity index (χ0) is 27.1. The number of rotatable bonds is 6. The Morgan fingerprint density at radius 2 is 1.79 bits per heavy atom. The van der Waals surface area contributed by atoms with Gasteiger partial charge in [0.1, 0.15) is 17.3 Å². The molecule has 1 amide bonds. The van der Waals surface area contributed by atoms with Crippen molar-refractivity contribution in [3.63, 3.8) is 0 Å². The molecule has 0 radical (unpaired) electrons. The average Bonchev–Trinajstić information content (AvgIpc) is 3.45. The minimum atomic E-state index is -1.07. The maximum Gasteiger partial charge on any atom is 0.301 e. The lowest BCUT2D eigenvalue weighted by atomic mass is 9.94. The number of methoxy groups -OCH3 is 2. The molecule has 10 nitrogen and oxygen atoms in total. The van der Waals surface area contributed by atoms with Crippen LogP contribution in [0.1, 0.15) is 22.7 Å². The SMILES string of the molecule is COc1ccc2nc(N3C(=O)C(=O)C(=C(O)c4ccc(OC)c(C)c4)C3c3ccc([N+](=O)[O-])cc3)sc2c1. The number of benzene rings is 3. The molecule has 0 bridgehead atoms. The van der Waals surface area contributed by atoms with Crippen LogP contribution in [0.5, 0.6) is 11.5 Å². The van der Waals surface area contributed by atoms with Crippen molar-refractivity contribution in [3.8, 4) is 11.5 Å². The van der Waals surface area contributed by atoms with Gasteiger partial charge in [0.25, 0.3) is 11.5 Å². The molecule has 1 atom stereocenters. The molecule has 1 aromatic heterocycles. The van der Waals surface area contributed by atoms with E-state index in [0.717, 1.165) is 10.3 Å². The second-order valence-electron chi connectivity index (χ2n) is 8.53. The summed E-state index contributed by atoms with van der Waals surface area (Å²) < 4.78 is 11.3. The Hall–Kier alpha value is -4.77. The van der Waals surface area contributed by atoms with E-state index in [0.29, 0.717) is 28.1 Å². The molecule has 1 saturated heterocycles. The van der Waals surface area contributed by atoms with E-state index in [1.54, 1.807) is 43.3 Å². The summed E-state index contributed by atoms with van der Waals surface area (Å²) in [5, 5.41) is 22.8. The van der Waals surface area contributed by atoms with Crippen molar-refractivity contribution >= 4 is 49.8 Å². The Morgan fingerprint density at radius 1 is 1.05 bits per heavy atom. The predicted octanol–water partition coefficient (Wildman–Crippen LogP) is 5.16. The van der Waals surface area contributed by atoms with Crippen LogP contribution in [0.15, 0.2) is 66.2 Å². The van der Waals surface area contributed by atoms with Gasteiger partial charge in [0, 0.05) is 17.7 Å². The Morgan fingerprint density at radius 3 is 2.42 bits per heavy atom. The number of nitrogens with zero attached hydrogens (tertiary/aromatic N) is 3. The number of nitro groups is 1. The molecule has 1 unspecified atom stereocenters. The van der Waals surface area contributed by atoms with Gasteiger partial charge in [-0.3, -0.25) is 24.6 Å². The number of hydrogen-bond donors (Lipinski definition) is 1. The molecular formula is C27H21N3O7S. The number of thiazole rings is 1. The Labute approximate surface area is 220 Å². The summed E-state index contributed by atoms with van der Waals surface area (Å²) in [6.07, 6.45) is 0. The van der Waals surface area contributed by atoms with Crippen LogP contribution in [0.3, 0.4) is 0 Å². The van der Waals surface area contributed by atoms with Crippen LogP contribution in [0.2, 0.25) is 0 Å². The van der Waals surface area contributed by atoms with Crippen LogP contribution < -0.4 is 14.4 Å². The smallest absolute Gasteiger partial charge is 0.301 e. The van der Waals surface area contributed by atoms with Gasteiger partial charge in [-0.05, 0) is 66.6 Å². The van der Waals surface area contributed by atoms with Crippen molar-refractivity contribution in [1.82, 2.24) is 4.98 Å². The van der Waals surface area contributed by atoms with E-state index in [9.17, 15) is 24.8 Å². The summed E-state index contributed by atoms with van der Waals surface area (Å²) in [7, 11) is 3.06. The number of anilines is 1. The lowest BCUT2D eigenvalue weighted by Crippen LogP contribution is -2.29. The van der Waals surface area contributed by atoms with Crippen molar-refractivity contribution in [1.29, 1.82) is 0 Å². The first-order valence-electron chi connectivity index (χ1n) is 11.4. The number of ether oxygens (including phenoxy) is 2. The molecule has 4 aromatic rings. The molecule has 192 valence electrons. The van der Waals surface area contributed by atoms with Gasteiger partial charge in [0.05, 0.1) is 41.0 Å². The fourth-order valence-corrected chi connectivity index (χ4v) is 5.45. The number of aliphatic hydroxyl groups excluding tert-OH is 1. The molecule has 1 fully saturated rings. The van der Waals surface area contributed by atoms with Gasteiger partial charge >= 0.3 is 5.91 Å². The van der Waals surface area contributed by atoms with Crippen molar-refractivity contribution < 1.29 is 29.1 Å². The van der Waals surface area contributed by atoms with Crippen molar-refractivity contribution in [2.45, 2.75) is 13.0 Å². The van der Waals surface area contributed by atoms with Crippen LogP contribution in [-0.2, 0) is 9.59 Å². The number of aromatic nitrogens is 1. The fourth-order valence-electron chi connectivity index (χ4n) is 4.43. The normalized spacial score (nSPS) is 16.7. The van der Waals surface area contributed by atoms with E-state index in [1.807, 2.05) is 0 Å². The molecule has 5 rings (SSSR count). The molecule has 11 heteroatoms. The number of nitro benzene ring substituents is 1. The first-order chi connectivity index (χ1) is 18.2. The summed E-state index contributed by atoms with van der Waals surface area (Å²) in [5.74, 6) is -0.930. The van der Waals surface area contributed by atoms with Crippen LogP contribution in [0.25, 0.3) is 16.0 Å². The molecular weight excluding hydrogens is 510 g/mol. The van der Waals surface area contributed by atoms with Gasteiger partial charge in [0.2, 0.25) is 0 Å². The van der Waals surface area contributed by atoms with Gasteiger partial charge in [-0.25, -0.2) is 4.98 Å². The topological polar surface area (TPSA) is 132 Å². The third-order valence-electron chi connectivity index (χ3n) is 6.32. The average molecular weight is 532 g/mol.